The molecule has 4 nitrogen and oxygen atoms in total. The zero-order valence-corrected chi connectivity index (χ0v) is 11.4. The summed E-state index contributed by atoms with van der Waals surface area (Å²) in [6, 6.07) is 11.4. The molecule has 2 aromatic heterocycles. The number of aryl methyl sites for hydroxylation is 2. The smallest absolute Gasteiger partial charge is 0.259 e. The average Bonchev–Trinajstić information content (AvgIpc) is 2.78. The molecular weight excluding hydrogens is 250 g/mol. The lowest BCUT2D eigenvalue weighted by Crippen LogP contribution is -2.13. The van der Waals surface area contributed by atoms with Crippen LogP contribution in [0.1, 0.15) is 21.6 Å². The fourth-order valence-electron chi connectivity index (χ4n) is 2.23. The number of carbonyl (C=O) groups excluding carboxylic acids is 1. The van der Waals surface area contributed by atoms with Crippen molar-refractivity contribution in [2.24, 2.45) is 0 Å². The number of hydrogen-bond acceptors (Lipinski definition) is 2. The van der Waals surface area contributed by atoms with Crippen LogP contribution in [-0.2, 0) is 0 Å². The summed E-state index contributed by atoms with van der Waals surface area (Å²) in [4.78, 5) is 16.8. The normalized spacial score (nSPS) is 10.7. The maximum absolute atomic E-state index is 12.4. The minimum Gasteiger partial charge on any atom is -0.322 e. The third-order valence-electron chi connectivity index (χ3n) is 3.12. The Morgan fingerprint density at radius 2 is 2.05 bits per heavy atom. The van der Waals surface area contributed by atoms with Crippen LogP contribution in [0.15, 0.2) is 48.8 Å². The zero-order chi connectivity index (χ0) is 14.1. The number of pyridine rings is 1. The summed E-state index contributed by atoms with van der Waals surface area (Å²) in [6.45, 7) is 3.91. The van der Waals surface area contributed by atoms with Crippen LogP contribution in [0.2, 0.25) is 0 Å². The number of anilines is 1. The molecule has 100 valence electrons. The first-order chi connectivity index (χ1) is 9.63. The Morgan fingerprint density at radius 1 is 1.20 bits per heavy atom. The number of carbonyl (C=O) groups is 1. The van der Waals surface area contributed by atoms with Gasteiger partial charge in [-0.05, 0) is 43.7 Å². The van der Waals surface area contributed by atoms with E-state index >= 15 is 0 Å². The molecule has 0 spiro atoms. The molecule has 2 heterocycles. The van der Waals surface area contributed by atoms with Crippen LogP contribution in [0.25, 0.3) is 5.65 Å². The molecule has 0 fully saturated rings. The number of hydrogen-bond donors (Lipinski definition) is 1. The Balaban J connectivity index is 1.96. The van der Waals surface area contributed by atoms with Crippen molar-refractivity contribution < 1.29 is 4.79 Å². The van der Waals surface area contributed by atoms with Gasteiger partial charge in [-0.2, -0.15) is 0 Å². The van der Waals surface area contributed by atoms with Gasteiger partial charge in [-0.3, -0.25) is 4.79 Å². The molecule has 0 radical (unpaired) electrons. The largest absolute Gasteiger partial charge is 0.322 e. The number of rotatable bonds is 2. The van der Waals surface area contributed by atoms with E-state index in [-0.39, 0.29) is 5.91 Å². The van der Waals surface area contributed by atoms with Crippen LogP contribution in [-0.4, -0.2) is 15.3 Å². The molecule has 4 heteroatoms. The van der Waals surface area contributed by atoms with Gasteiger partial charge < -0.3 is 9.72 Å². The van der Waals surface area contributed by atoms with Crippen LogP contribution in [0.4, 0.5) is 5.69 Å². The van der Waals surface area contributed by atoms with Gasteiger partial charge in [0.15, 0.2) is 0 Å². The van der Waals surface area contributed by atoms with Crippen LogP contribution in [0.3, 0.4) is 0 Å². The molecule has 0 unspecified atom stereocenters. The van der Waals surface area contributed by atoms with Crippen LogP contribution in [0.5, 0.6) is 0 Å². The minimum absolute atomic E-state index is 0.146. The van der Waals surface area contributed by atoms with Gasteiger partial charge in [0.2, 0.25) is 0 Å². The fraction of sp³-hybridized carbons (Fsp3) is 0.125. The molecule has 0 saturated carbocycles. The van der Waals surface area contributed by atoms with E-state index in [0.29, 0.717) is 11.2 Å². The highest BCUT2D eigenvalue weighted by molar-refractivity contribution is 6.08. The summed E-state index contributed by atoms with van der Waals surface area (Å²) in [5, 5.41) is 2.91. The number of imidazole rings is 1. The number of amides is 1. The molecule has 1 N–H and O–H groups in total. The molecule has 0 aliphatic rings. The Morgan fingerprint density at radius 3 is 2.85 bits per heavy atom. The second-order valence-electron chi connectivity index (χ2n) is 4.86. The zero-order valence-electron chi connectivity index (χ0n) is 11.4. The van der Waals surface area contributed by atoms with E-state index in [0.717, 1.165) is 16.9 Å². The SMILES string of the molecule is Cc1cccc(NC(=O)c2cccn3cc(C)nc23)c1. The lowest BCUT2D eigenvalue weighted by molar-refractivity contribution is 0.102. The van der Waals surface area contributed by atoms with Crippen molar-refractivity contribution in [2.45, 2.75) is 13.8 Å². The predicted molar refractivity (Wildman–Crippen MR) is 79.1 cm³/mol. The summed E-state index contributed by atoms with van der Waals surface area (Å²) in [5.74, 6) is -0.146. The first-order valence-corrected chi connectivity index (χ1v) is 6.46. The quantitative estimate of drug-likeness (QED) is 0.773. The fourth-order valence-corrected chi connectivity index (χ4v) is 2.23. The second-order valence-corrected chi connectivity index (χ2v) is 4.86. The van der Waals surface area contributed by atoms with Gasteiger partial charge in [0, 0.05) is 18.1 Å². The van der Waals surface area contributed by atoms with E-state index in [4.69, 9.17) is 0 Å². The van der Waals surface area contributed by atoms with Crippen molar-refractivity contribution in [2.75, 3.05) is 5.32 Å². The molecule has 0 atom stereocenters. The highest BCUT2D eigenvalue weighted by Gasteiger charge is 2.12. The summed E-state index contributed by atoms with van der Waals surface area (Å²) < 4.78 is 1.86. The Bertz CT molecular complexity index is 789. The van der Waals surface area contributed by atoms with Crippen molar-refractivity contribution in [3.05, 3.63) is 65.6 Å². The average molecular weight is 265 g/mol. The lowest BCUT2D eigenvalue weighted by Gasteiger charge is -2.07. The van der Waals surface area contributed by atoms with E-state index < -0.39 is 0 Å². The molecular formula is C16H15N3O. The maximum Gasteiger partial charge on any atom is 0.259 e. The van der Waals surface area contributed by atoms with E-state index in [2.05, 4.69) is 10.3 Å². The van der Waals surface area contributed by atoms with Gasteiger partial charge in [-0.1, -0.05) is 12.1 Å². The Kier molecular flexibility index (Phi) is 2.99. The maximum atomic E-state index is 12.4. The molecule has 3 aromatic rings. The minimum atomic E-state index is -0.146. The Hall–Kier alpha value is -2.62. The monoisotopic (exact) mass is 265 g/mol. The first-order valence-electron chi connectivity index (χ1n) is 6.46. The highest BCUT2D eigenvalue weighted by Crippen LogP contribution is 2.15. The van der Waals surface area contributed by atoms with Crippen LogP contribution < -0.4 is 5.32 Å². The summed E-state index contributed by atoms with van der Waals surface area (Å²) in [5.41, 5.74) is 4.04. The highest BCUT2D eigenvalue weighted by atomic mass is 16.1. The molecule has 3 rings (SSSR count). The molecule has 0 saturated heterocycles. The van der Waals surface area contributed by atoms with E-state index in [1.54, 1.807) is 6.07 Å². The number of nitrogens with zero attached hydrogens (tertiary/aromatic N) is 2. The van der Waals surface area contributed by atoms with Crippen LogP contribution in [0, 0.1) is 13.8 Å². The van der Waals surface area contributed by atoms with Crippen molar-refractivity contribution >= 4 is 17.2 Å². The lowest BCUT2D eigenvalue weighted by atomic mass is 10.2. The van der Waals surface area contributed by atoms with Gasteiger partial charge in [0.1, 0.15) is 5.65 Å². The number of benzene rings is 1. The second kappa shape index (κ2) is 4.81. The molecule has 0 aliphatic heterocycles. The predicted octanol–water partition coefficient (Wildman–Crippen LogP) is 3.20. The molecule has 0 aliphatic carbocycles. The van der Waals surface area contributed by atoms with Crippen molar-refractivity contribution in [1.82, 2.24) is 9.38 Å². The van der Waals surface area contributed by atoms with E-state index in [1.165, 1.54) is 0 Å². The van der Waals surface area contributed by atoms with Crippen molar-refractivity contribution in [1.29, 1.82) is 0 Å². The first kappa shape index (κ1) is 12.4. The van der Waals surface area contributed by atoms with Gasteiger partial charge in [-0.15, -0.1) is 0 Å². The summed E-state index contributed by atoms with van der Waals surface area (Å²) >= 11 is 0. The summed E-state index contributed by atoms with van der Waals surface area (Å²) in [6.07, 6.45) is 3.79. The Labute approximate surface area is 117 Å². The number of aromatic nitrogens is 2. The topological polar surface area (TPSA) is 46.4 Å². The van der Waals surface area contributed by atoms with E-state index in [1.807, 2.05) is 61.0 Å². The van der Waals surface area contributed by atoms with Crippen LogP contribution >= 0.6 is 0 Å². The van der Waals surface area contributed by atoms with Gasteiger partial charge in [-0.25, -0.2) is 4.98 Å². The third kappa shape index (κ3) is 2.28. The van der Waals surface area contributed by atoms with E-state index in [9.17, 15) is 4.79 Å². The van der Waals surface area contributed by atoms with Gasteiger partial charge in [0.05, 0.1) is 11.3 Å². The standard InChI is InChI=1S/C16H15N3O/c1-11-5-3-6-13(9-11)18-16(20)14-7-4-8-19-10-12(2)17-15(14)19/h3-10H,1-2H3,(H,18,20). The van der Waals surface area contributed by atoms with Crippen molar-refractivity contribution in [3.63, 3.8) is 0 Å². The molecule has 0 bridgehead atoms. The number of nitrogens with one attached hydrogen (secondary N) is 1. The van der Waals surface area contributed by atoms with Crippen molar-refractivity contribution in [3.8, 4) is 0 Å². The number of fused-ring (bicyclic) bond motifs is 1. The van der Waals surface area contributed by atoms with Gasteiger partial charge in [0.25, 0.3) is 5.91 Å². The molecule has 20 heavy (non-hydrogen) atoms. The molecule has 1 aromatic carbocycles. The molecule has 1 amide bonds. The van der Waals surface area contributed by atoms with Gasteiger partial charge >= 0.3 is 0 Å². The summed E-state index contributed by atoms with van der Waals surface area (Å²) in [7, 11) is 0. The third-order valence-corrected chi connectivity index (χ3v) is 3.12.